The van der Waals surface area contributed by atoms with Crippen LogP contribution in [0.25, 0.3) is 0 Å². The fraction of sp³-hybridized carbons (Fsp3) is 0.957. The van der Waals surface area contributed by atoms with Gasteiger partial charge in [0.15, 0.2) is 5.96 Å². The zero-order valence-corrected chi connectivity index (χ0v) is 18.7. The minimum atomic E-state index is 0.553. The van der Waals surface area contributed by atoms with Crippen molar-refractivity contribution < 1.29 is 9.47 Å². The van der Waals surface area contributed by atoms with Gasteiger partial charge in [-0.3, -0.25) is 4.99 Å². The quantitative estimate of drug-likeness (QED) is 0.349. The minimum Gasteiger partial charge on any atom is -0.381 e. The largest absolute Gasteiger partial charge is 0.381 e. The van der Waals surface area contributed by atoms with Gasteiger partial charge in [0, 0.05) is 64.7 Å². The molecule has 0 unspecified atom stereocenters. The Morgan fingerprint density at radius 1 is 1.03 bits per heavy atom. The van der Waals surface area contributed by atoms with Crippen molar-refractivity contribution in [2.45, 2.75) is 83.2 Å². The molecule has 2 heterocycles. The van der Waals surface area contributed by atoms with E-state index in [2.05, 4.69) is 22.5 Å². The summed E-state index contributed by atoms with van der Waals surface area (Å²) in [7, 11) is 0. The van der Waals surface area contributed by atoms with E-state index in [0.717, 1.165) is 70.8 Å². The van der Waals surface area contributed by atoms with E-state index in [9.17, 15) is 0 Å². The normalized spacial score (nSPS) is 24.0. The summed E-state index contributed by atoms with van der Waals surface area (Å²) in [6.07, 6.45) is 12.9. The zero-order chi connectivity index (χ0) is 20.2. The van der Waals surface area contributed by atoms with Gasteiger partial charge in [-0.2, -0.15) is 0 Å². The Morgan fingerprint density at radius 2 is 1.79 bits per heavy atom. The summed E-state index contributed by atoms with van der Waals surface area (Å²) in [5, 5.41) is 7.10. The second-order valence-electron chi connectivity index (χ2n) is 8.99. The first kappa shape index (κ1) is 22.8. The van der Waals surface area contributed by atoms with Gasteiger partial charge in [-0.1, -0.05) is 19.3 Å². The molecule has 2 aliphatic heterocycles. The molecule has 2 N–H and O–H groups in total. The van der Waals surface area contributed by atoms with Gasteiger partial charge in [0.1, 0.15) is 0 Å². The number of aliphatic imine (C=N–C) groups is 1. The van der Waals surface area contributed by atoms with Crippen LogP contribution in [0.2, 0.25) is 0 Å². The highest BCUT2D eigenvalue weighted by Gasteiger charge is 2.26. The molecule has 6 nitrogen and oxygen atoms in total. The van der Waals surface area contributed by atoms with E-state index < -0.39 is 0 Å². The molecule has 0 radical (unpaired) electrons. The first-order valence-electron chi connectivity index (χ1n) is 12.3. The maximum Gasteiger partial charge on any atom is 0.191 e. The molecular formula is C23H44N4O2. The number of likely N-dealkylation sites (tertiary alicyclic amines) is 1. The van der Waals surface area contributed by atoms with E-state index >= 15 is 0 Å². The summed E-state index contributed by atoms with van der Waals surface area (Å²) >= 11 is 0. The molecule has 0 spiro atoms. The third-order valence-corrected chi connectivity index (χ3v) is 6.72. The Hall–Kier alpha value is -0.850. The van der Waals surface area contributed by atoms with E-state index in [-0.39, 0.29) is 0 Å². The number of guanidine groups is 1. The molecule has 0 atom stereocenters. The van der Waals surface area contributed by atoms with E-state index in [1.807, 2.05) is 0 Å². The topological polar surface area (TPSA) is 58.1 Å². The standard InChI is InChI=1S/C23H44N4O2/c1-2-24-23(25-13-6-16-29-19-20-11-17-28-18-12-20)26-21-9-14-27(15-10-21)22-7-4-3-5-8-22/h20-22H,2-19H2,1H3,(H2,24,25,26). The van der Waals surface area contributed by atoms with Gasteiger partial charge in [0.2, 0.25) is 0 Å². The second-order valence-corrected chi connectivity index (χ2v) is 8.99. The summed E-state index contributed by atoms with van der Waals surface area (Å²) in [5.41, 5.74) is 0. The molecule has 3 rings (SSSR count). The summed E-state index contributed by atoms with van der Waals surface area (Å²) < 4.78 is 11.3. The summed E-state index contributed by atoms with van der Waals surface area (Å²) in [5.74, 6) is 1.67. The second kappa shape index (κ2) is 13.5. The maximum absolute atomic E-state index is 5.86. The van der Waals surface area contributed by atoms with Crippen LogP contribution in [0, 0.1) is 5.92 Å². The van der Waals surface area contributed by atoms with Crippen molar-refractivity contribution >= 4 is 5.96 Å². The maximum atomic E-state index is 5.86. The molecule has 0 amide bonds. The Balaban J connectivity index is 1.29. The predicted octanol–water partition coefficient (Wildman–Crippen LogP) is 3.17. The van der Waals surface area contributed by atoms with Crippen LogP contribution in [0.4, 0.5) is 0 Å². The lowest BCUT2D eigenvalue weighted by molar-refractivity contribution is 0.0205. The van der Waals surface area contributed by atoms with Gasteiger partial charge in [-0.15, -0.1) is 0 Å². The van der Waals surface area contributed by atoms with Gasteiger partial charge in [-0.25, -0.2) is 0 Å². The number of ether oxygens (including phenoxy) is 2. The highest BCUT2D eigenvalue weighted by molar-refractivity contribution is 5.80. The van der Waals surface area contributed by atoms with Crippen LogP contribution in [-0.4, -0.2) is 75.5 Å². The summed E-state index contributed by atoms with van der Waals surface area (Å²) in [6.45, 7) is 9.83. The van der Waals surface area contributed by atoms with E-state index in [0.29, 0.717) is 12.0 Å². The van der Waals surface area contributed by atoms with Gasteiger partial charge in [0.05, 0.1) is 0 Å². The third kappa shape index (κ3) is 8.42. The number of hydrogen-bond donors (Lipinski definition) is 2. The van der Waals surface area contributed by atoms with Crippen molar-refractivity contribution in [2.24, 2.45) is 10.9 Å². The Morgan fingerprint density at radius 3 is 2.52 bits per heavy atom. The SMILES string of the molecule is CCNC(=NCCCOCC1CCOCC1)NC1CCN(C2CCCCC2)CC1. The Kier molecular flexibility index (Phi) is 10.6. The summed E-state index contributed by atoms with van der Waals surface area (Å²) in [4.78, 5) is 7.53. The van der Waals surface area contributed by atoms with E-state index in [1.165, 1.54) is 58.0 Å². The van der Waals surface area contributed by atoms with Gasteiger partial charge >= 0.3 is 0 Å². The molecule has 1 saturated carbocycles. The van der Waals surface area contributed by atoms with Crippen LogP contribution in [0.3, 0.4) is 0 Å². The van der Waals surface area contributed by atoms with Crippen molar-refractivity contribution in [1.82, 2.24) is 15.5 Å². The van der Waals surface area contributed by atoms with Crippen molar-refractivity contribution in [3.63, 3.8) is 0 Å². The van der Waals surface area contributed by atoms with Crippen molar-refractivity contribution in [3.05, 3.63) is 0 Å². The summed E-state index contributed by atoms with van der Waals surface area (Å²) in [6, 6.07) is 1.41. The third-order valence-electron chi connectivity index (χ3n) is 6.72. The average molecular weight is 409 g/mol. The Bertz CT molecular complexity index is 454. The molecule has 0 bridgehead atoms. The van der Waals surface area contributed by atoms with Gasteiger partial charge in [0.25, 0.3) is 0 Å². The number of rotatable bonds is 9. The first-order valence-corrected chi connectivity index (χ1v) is 12.3. The van der Waals surface area contributed by atoms with Crippen molar-refractivity contribution in [1.29, 1.82) is 0 Å². The fourth-order valence-electron chi connectivity index (χ4n) is 4.89. The van der Waals surface area contributed by atoms with Crippen LogP contribution in [0.1, 0.15) is 71.1 Å². The molecule has 29 heavy (non-hydrogen) atoms. The van der Waals surface area contributed by atoms with Crippen LogP contribution in [0.15, 0.2) is 4.99 Å². The number of nitrogens with one attached hydrogen (secondary N) is 2. The molecule has 0 aromatic heterocycles. The molecule has 6 heteroatoms. The van der Waals surface area contributed by atoms with E-state index in [4.69, 9.17) is 14.5 Å². The minimum absolute atomic E-state index is 0.553. The van der Waals surface area contributed by atoms with E-state index in [1.54, 1.807) is 0 Å². The van der Waals surface area contributed by atoms with Gasteiger partial charge < -0.3 is 25.0 Å². The highest BCUT2D eigenvalue weighted by atomic mass is 16.5. The molecule has 0 aromatic carbocycles. The number of nitrogens with zero attached hydrogens (tertiary/aromatic N) is 2. The predicted molar refractivity (Wildman–Crippen MR) is 120 cm³/mol. The number of piperidine rings is 1. The highest BCUT2D eigenvalue weighted by Crippen LogP contribution is 2.25. The molecule has 3 fully saturated rings. The van der Waals surface area contributed by atoms with Crippen LogP contribution >= 0.6 is 0 Å². The fourth-order valence-corrected chi connectivity index (χ4v) is 4.89. The smallest absolute Gasteiger partial charge is 0.191 e. The zero-order valence-electron chi connectivity index (χ0n) is 18.7. The monoisotopic (exact) mass is 408 g/mol. The molecule has 3 aliphatic rings. The number of hydrogen-bond acceptors (Lipinski definition) is 4. The lowest BCUT2D eigenvalue weighted by Gasteiger charge is -2.39. The Labute approximate surface area is 178 Å². The van der Waals surface area contributed by atoms with Crippen molar-refractivity contribution in [3.8, 4) is 0 Å². The molecular weight excluding hydrogens is 364 g/mol. The molecule has 0 aromatic rings. The lowest BCUT2D eigenvalue weighted by atomic mass is 9.92. The van der Waals surface area contributed by atoms with Gasteiger partial charge in [-0.05, 0) is 57.8 Å². The van der Waals surface area contributed by atoms with Crippen LogP contribution < -0.4 is 10.6 Å². The van der Waals surface area contributed by atoms with Crippen LogP contribution in [0.5, 0.6) is 0 Å². The van der Waals surface area contributed by atoms with Crippen molar-refractivity contribution in [2.75, 3.05) is 52.6 Å². The van der Waals surface area contributed by atoms with Crippen LogP contribution in [-0.2, 0) is 9.47 Å². The molecule has 2 saturated heterocycles. The first-order chi connectivity index (χ1) is 14.3. The molecule has 1 aliphatic carbocycles. The molecule has 168 valence electrons. The lowest BCUT2D eigenvalue weighted by Crippen LogP contribution is -2.51. The average Bonchev–Trinajstić information content (AvgIpc) is 2.78.